The van der Waals surface area contributed by atoms with Crippen molar-refractivity contribution in [1.82, 2.24) is 25.2 Å². The van der Waals surface area contributed by atoms with Crippen LogP contribution in [0.2, 0.25) is 0 Å². The van der Waals surface area contributed by atoms with Crippen LogP contribution < -0.4 is 15.4 Å². The molecule has 48 heavy (non-hydrogen) atoms. The number of sulfonamides is 1. The summed E-state index contributed by atoms with van der Waals surface area (Å²) in [6.07, 6.45) is 3.90. The summed E-state index contributed by atoms with van der Waals surface area (Å²) in [6.45, 7) is 7.85. The second-order valence-electron chi connectivity index (χ2n) is 13.2. The molecule has 0 bridgehead atoms. The van der Waals surface area contributed by atoms with Gasteiger partial charge in [0.15, 0.2) is 5.58 Å². The van der Waals surface area contributed by atoms with Gasteiger partial charge in [-0.15, -0.1) is 0 Å². The smallest absolute Gasteiger partial charge is 0.266 e. The molecule has 2 fully saturated rings. The molecule has 0 unspecified atom stereocenters. The highest BCUT2D eigenvalue weighted by molar-refractivity contribution is 7.88. The van der Waals surface area contributed by atoms with E-state index < -0.39 is 51.9 Å². The number of rotatable bonds is 14. The number of hydrogen-bond donors (Lipinski definition) is 3. The van der Waals surface area contributed by atoms with Crippen molar-refractivity contribution >= 4 is 38.7 Å². The zero-order valence-electron chi connectivity index (χ0n) is 28.2. The maximum atomic E-state index is 14.2. The number of likely N-dealkylation sites (tertiary alicyclic amines) is 1. The van der Waals surface area contributed by atoms with E-state index in [-0.39, 0.29) is 31.9 Å². The highest BCUT2D eigenvalue weighted by Gasteiger charge is 2.43. The van der Waals surface area contributed by atoms with Gasteiger partial charge in [0.25, 0.3) is 5.89 Å². The topological polar surface area (TPSA) is 160 Å². The van der Waals surface area contributed by atoms with Crippen LogP contribution >= 0.6 is 0 Å². The molecule has 2 amide bonds. The summed E-state index contributed by atoms with van der Waals surface area (Å²) in [6, 6.07) is 10.4. The molecule has 13 heteroatoms. The van der Waals surface area contributed by atoms with Crippen molar-refractivity contribution in [2.75, 3.05) is 25.9 Å². The molecule has 2 aliphatic rings. The average molecular weight is 682 g/mol. The third-order valence-electron chi connectivity index (χ3n) is 9.23. The van der Waals surface area contributed by atoms with Crippen LogP contribution in [0.25, 0.3) is 11.1 Å². The van der Waals surface area contributed by atoms with Crippen molar-refractivity contribution in [2.45, 2.75) is 90.1 Å². The van der Waals surface area contributed by atoms with E-state index in [0.717, 1.165) is 48.9 Å². The minimum Gasteiger partial charge on any atom is -0.434 e. The quantitative estimate of drug-likeness (QED) is 0.217. The van der Waals surface area contributed by atoms with Gasteiger partial charge in [-0.1, -0.05) is 42.8 Å². The third-order valence-corrected chi connectivity index (χ3v) is 9.94. The van der Waals surface area contributed by atoms with Crippen LogP contribution in [0, 0.1) is 19.8 Å². The Morgan fingerprint density at radius 1 is 1.06 bits per heavy atom. The number of fused-ring (bicyclic) bond motifs is 1. The fourth-order valence-electron chi connectivity index (χ4n) is 6.49. The molecule has 2 saturated heterocycles. The van der Waals surface area contributed by atoms with Gasteiger partial charge in [0, 0.05) is 13.0 Å². The lowest BCUT2D eigenvalue weighted by molar-refractivity contribution is -0.140. The molecular weight excluding hydrogens is 634 g/mol. The van der Waals surface area contributed by atoms with E-state index in [4.69, 9.17) is 9.15 Å². The van der Waals surface area contributed by atoms with Crippen LogP contribution in [-0.4, -0.2) is 86.0 Å². The number of Topliss-reactive ketones (excluding diaryl/α,β-unsaturated/α-hetero) is 1. The summed E-state index contributed by atoms with van der Waals surface area (Å²) in [5.74, 6) is -1.20. The van der Waals surface area contributed by atoms with Gasteiger partial charge in [-0.05, 0) is 88.2 Å². The Balaban J connectivity index is 1.34. The molecule has 2 aromatic carbocycles. The third kappa shape index (κ3) is 9.28. The first-order valence-corrected chi connectivity index (χ1v) is 18.7. The Kier molecular flexibility index (Phi) is 11.7. The first kappa shape index (κ1) is 35.7. The maximum absolute atomic E-state index is 14.2. The molecule has 0 saturated carbocycles. The molecule has 0 radical (unpaired) electrons. The van der Waals surface area contributed by atoms with Crippen LogP contribution in [0.4, 0.5) is 0 Å². The number of nitrogens with zero attached hydrogens (tertiary/aromatic N) is 2. The van der Waals surface area contributed by atoms with Gasteiger partial charge in [0.1, 0.15) is 17.6 Å². The fraction of sp³-hybridized carbons (Fsp3) is 0.543. The number of carbonyl (C=O) groups is 3. The van der Waals surface area contributed by atoms with E-state index in [9.17, 15) is 22.8 Å². The van der Waals surface area contributed by atoms with E-state index in [0.29, 0.717) is 29.9 Å². The van der Waals surface area contributed by atoms with Gasteiger partial charge in [-0.25, -0.2) is 18.1 Å². The van der Waals surface area contributed by atoms with Crippen molar-refractivity contribution in [3.8, 4) is 0 Å². The molecule has 3 heterocycles. The van der Waals surface area contributed by atoms with Gasteiger partial charge >= 0.3 is 0 Å². The summed E-state index contributed by atoms with van der Waals surface area (Å²) in [4.78, 5) is 47.4. The van der Waals surface area contributed by atoms with E-state index in [1.807, 2.05) is 50.2 Å². The molecular formula is C35H47N5O7S. The second-order valence-corrected chi connectivity index (χ2v) is 15.0. The van der Waals surface area contributed by atoms with Gasteiger partial charge in [0.05, 0.1) is 25.0 Å². The van der Waals surface area contributed by atoms with Crippen LogP contribution in [0.3, 0.4) is 0 Å². The number of ether oxygens (including phenoxy) is 1. The highest BCUT2D eigenvalue weighted by Crippen LogP contribution is 2.26. The number of amides is 2. The Morgan fingerprint density at radius 2 is 1.77 bits per heavy atom. The van der Waals surface area contributed by atoms with Crippen LogP contribution in [0.15, 0.2) is 46.9 Å². The number of ketones is 1. The molecule has 3 aromatic rings. The van der Waals surface area contributed by atoms with E-state index >= 15 is 0 Å². The lowest BCUT2D eigenvalue weighted by Gasteiger charge is -2.30. The lowest BCUT2D eigenvalue weighted by atomic mass is 9.91. The van der Waals surface area contributed by atoms with Gasteiger partial charge in [-0.3, -0.25) is 14.4 Å². The normalized spacial score (nSPS) is 20.1. The van der Waals surface area contributed by atoms with Crippen LogP contribution in [0.5, 0.6) is 0 Å². The Hall–Kier alpha value is -3.65. The van der Waals surface area contributed by atoms with E-state index in [1.165, 1.54) is 4.90 Å². The van der Waals surface area contributed by atoms with E-state index in [2.05, 4.69) is 20.3 Å². The molecule has 3 N–H and O–H groups in total. The van der Waals surface area contributed by atoms with Crippen molar-refractivity contribution in [3.63, 3.8) is 0 Å². The molecule has 4 atom stereocenters. The number of hydrogen-bond acceptors (Lipinski definition) is 9. The molecule has 1 aromatic heterocycles. The molecule has 5 rings (SSSR count). The molecule has 260 valence electrons. The molecule has 0 aliphatic carbocycles. The first-order valence-electron chi connectivity index (χ1n) is 16.8. The van der Waals surface area contributed by atoms with Gasteiger partial charge in [0.2, 0.25) is 27.6 Å². The Labute approximate surface area is 282 Å². The Morgan fingerprint density at radius 3 is 2.46 bits per heavy atom. The summed E-state index contributed by atoms with van der Waals surface area (Å²) >= 11 is 0. The summed E-state index contributed by atoms with van der Waals surface area (Å²) in [7, 11) is -3.73. The number of aromatic nitrogens is 1. The van der Waals surface area contributed by atoms with Crippen molar-refractivity contribution < 1.29 is 32.0 Å². The molecule has 0 spiro atoms. The predicted octanol–water partition coefficient (Wildman–Crippen LogP) is 3.41. The van der Waals surface area contributed by atoms with Gasteiger partial charge < -0.3 is 24.7 Å². The minimum atomic E-state index is -3.73. The van der Waals surface area contributed by atoms with Crippen LogP contribution in [0.1, 0.15) is 72.8 Å². The SMILES string of the molecule is CC[C@H](NC(=O)[C@@H]1C[C@@H](OCc2ccc(C)cc2)CN1C(=O)[C@@H](CCC1CCNCC1)NS(C)(=O)=O)C(=O)c1nc2cc(C)ccc2o1. The Bertz CT molecular complexity index is 1700. The summed E-state index contributed by atoms with van der Waals surface area (Å²) < 4.78 is 39.3. The van der Waals surface area contributed by atoms with Crippen LogP contribution in [-0.2, 0) is 31.0 Å². The minimum absolute atomic E-state index is 0.100. The number of piperidine rings is 1. The van der Waals surface area contributed by atoms with Crippen molar-refractivity contribution in [1.29, 1.82) is 0 Å². The van der Waals surface area contributed by atoms with Gasteiger partial charge in [-0.2, -0.15) is 0 Å². The summed E-state index contributed by atoms with van der Waals surface area (Å²) in [5.41, 5.74) is 4.07. The lowest BCUT2D eigenvalue weighted by Crippen LogP contribution is -2.55. The second kappa shape index (κ2) is 15.7. The zero-order chi connectivity index (χ0) is 34.4. The zero-order valence-corrected chi connectivity index (χ0v) is 29.0. The van der Waals surface area contributed by atoms with E-state index in [1.54, 1.807) is 13.0 Å². The maximum Gasteiger partial charge on any atom is 0.266 e. The van der Waals surface area contributed by atoms with Crippen molar-refractivity contribution in [2.24, 2.45) is 5.92 Å². The standard InChI is InChI=1S/C35H47N5O7S/c1-5-27(32(41)34-38-29-18-23(3)8-13-31(29)47-34)37-33(42)30-19-26(46-21-25-9-6-22(2)7-10-25)20-40(30)35(43)28(39-48(4,44)45)12-11-24-14-16-36-17-15-24/h6-10,13,18,24,26-28,30,36,39H,5,11-12,14-17,19-21H2,1-4H3,(H,37,42)/t26-,27+,28-,30+/m1/s1. The molecule has 12 nitrogen and oxygen atoms in total. The number of aryl methyl sites for hydroxylation is 2. The average Bonchev–Trinajstić information content (AvgIpc) is 3.69. The molecule has 2 aliphatic heterocycles. The predicted molar refractivity (Wildman–Crippen MR) is 182 cm³/mol. The van der Waals surface area contributed by atoms with Crippen molar-refractivity contribution in [3.05, 3.63) is 65.0 Å². The highest BCUT2D eigenvalue weighted by atomic mass is 32.2. The number of oxazole rings is 1. The number of carbonyl (C=O) groups excluding carboxylic acids is 3. The fourth-order valence-corrected chi connectivity index (χ4v) is 7.22. The summed E-state index contributed by atoms with van der Waals surface area (Å²) in [5, 5.41) is 6.16. The number of benzene rings is 2. The number of nitrogens with one attached hydrogen (secondary N) is 3. The first-order chi connectivity index (χ1) is 22.9. The largest absolute Gasteiger partial charge is 0.434 e. The monoisotopic (exact) mass is 681 g/mol.